The van der Waals surface area contributed by atoms with Crippen LogP contribution in [0.4, 0.5) is 16.2 Å². The first-order valence-corrected chi connectivity index (χ1v) is 16.7. The molecule has 3 rings (SSSR count). The molecule has 1 heterocycles. The summed E-state index contributed by atoms with van der Waals surface area (Å²) in [5, 5.41) is 29.6. The van der Waals surface area contributed by atoms with Crippen LogP contribution in [0.3, 0.4) is 0 Å². The number of anilines is 1. The average molecular weight is 756 g/mol. The second-order valence-corrected chi connectivity index (χ2v) is 12.3. The highest BCUT2D eigenvalue weighted by molar-refractivity contribution is 6.00. The summed E-state index contributed by atoms with van der Waals surface area (Å²) in [5.74, 6) is -5.57. The smallest absolute Gasteiger partial charge is 0.481 e. The summed E-state index contributed by atoms with van der Waals surface area (Å²) in [6.07, 6.45) is -1.34. The van der Waals surface area contributed by atoms with Crippen LogP contribution in [-0.4, -0.2) is 93.7 Å². The molecule has 1 aliphatic heterocycles. The first kappa shape index (κ1) is 41.8. The first-order valence-electron chi connectivity index (χ1n) is 16.7. The Labute approximate surface area is 308 Å². The van der Waals surface area contributed by atoms with Crippen molar-refractivity contribution >= 4 is 58.9 Å². The number of aliphatic carboxylic acids is 1. The van der Waals surface area contributed by atoms with Gasteiger partial charge in [-0.05, 0) is 56.5 Å². The van der Waals surface area contributed by atoms with E-state index in [0.717, 1.165) is 12.1 Å². The van der Waals surface area contributed by atoms with E-state index in [1.165, 1.54) is 55.1 Å². The molecule has 6 amide bonds. The fourth-order valence-corrected chi connectivity index (χ4v) is 5.06. The third kappa shape index (κ3) is 13.5. The summed E-state index contributed by atoms with van der Waals surface area (Å²) in [4.78, 5) is 110. The molecule has 54 heavy (non-hydrogen) atoms. The van der Waals surface area contributed by atoms with Crippen molar-refractivity contribution in [2.75, 3.05) is 18.4 Å². The average Bonchev–Trinajstić information content (AvgIpc) is 3.13. The molecule has 2 aromatic rings. The largest absolute Gasteiger partial charge is 0.514 e. The number of nitro groups is 1. The highest BCUT2D eigenvalue weighted by atomic mass is 16.7. The number of nitrogens with one attached hydrogen (secondary N) is 4. The molecule has 290 valence electrons. The van der Waals surface area contributed by atoms with Crippen LogP contribution < -0.4 is 31.7 Å². The monoisotopic (exact) mass is 755 g/mol. The molecule has 20 heteroatoms. The van der Waals surface area contributed by atoms with Crippen molar-refractivity contribution in [1.29, 1.82) is 0 Å². The van der Waals surface area contributed by atoms with Crippen LogP contribution in [0.5, 0.6) is 5.75 Å². The minimum absolute atomic E-state index is 0.0350. The number of carboxylic acids is 1. The Kier molecular flexibility index (Phi) is 15.4. The van der Waals surface area contributed by atoms with Crippen molar-refractivity contribution < 1.29 is 57.9 Å². The van der Waals surface area contributed by atoms with Crippen molar-refractivity contribution in [2.24, 2.45) is 11.7 Å². The zero-order chi connectivity index (χ0) is 39.9. The van der Waals surface area contributed by atoms with Gasteiger partial charge in [0.15, 0.2) is 0 Å². The van der Waals surface area contributed by atoms with Crippen LogP contribution in [0.1, 0.15) is 51.5 Å². The minimum atomic E-state index is -1.43. The minimum Gasteiger partial charge on any atom is -0.481 e. The lowest BCUT2D eigenvalue weighted by Crippen LogP contribution is -2.55. The number of hydrogen-bond donors (Lipinski definition) is 6. The van der Waals surface area contributed by atoms with Gasteiger partial charge in [-0.2, -0.15) is 0 Å². The summed E-state index contributed by atoms with van der Waals surface area (Å²) in [6.45, 7) is 3.02. The molecule has 3 atom stereocenters. The van der Waals surface area contributed by atoms with Crippen LogP contribution in [-0.2, 0) is 44.9 Å². The number of non-ortho nitro benzene ring substituents is 1. The van der Waals surface area contributed by atoms with E-state index < -0.39 is 77.0 Å². The number of nitrogens with zero attached hydrogens (tertiary/aromatic N) is 2. The maximum Gasteiger partial charge on any atom is 0.514 e. The molecule has 0 bridgehead atoms. The lowest BCUT2D eigenvalue weighted by Gasteiger charge is -2.30. The molecule has 0 aromatic heterocycles. The quantitative estimate of drug-likeness (QED) is 0.0562. The summed E-state index contributed by atoms with van der Waals surface area (Å²) >= 11 is 0. The SMILES string of the molecule is C[C@H](NC(=O)CCC(=O)N1CCC(C(=O)O)CC1)C(=O)N[C@@H](C)C(=O)N[C@@H](CC(N)=O)C(=O)Nc1ccc(COC(=O)Oc2ccc([N+](=O)[O-])cc2)cc1. The zero-order valence-corrected chi connectivity index (χ0v) is 29.4. The van der Waals surface area contributed by atoms with E-state index in [0.29, 0.717) is 18.4 Å². The molecular formula is C34H41N7O13. The molecule has 0 saturated carbocycles. The van der Waals surface area contributed by atoms with Crippen molar-refractivity contribution in [1.82, 2.24) is 20.9 Å². The van der Waals surface area contributed by atoms with Gasteiger partial charge in [0.2, 0.25) is 35.4 Å². The van der Waals surface area contributed by atoms with Gasteiger partial charge in [0, 0.05) is 43.8 Å². The lowest BCUT2D eigenvalue weighted by atomic mass is 9.97. The van der Waals surface area contributed by atoms with Crippen molar-refractivity contribution in [3.05, 3.63) is 64.2 Å². The van der Waals surface area contributed by atoms with Gasteiger partial charge in [0.25, 0.3) is 5.69 Å². The number of benzene rings is 2. The highest BCUT2D eigenvalue weighted by Crippen LogP contribution is 2.19. The predicted octanol–water partition coefficient (Wildman–Crippen LogP) is 0.722. The third-order valence-corrected chi connectivity index (χ3v) is 8.15. The molecule has 2 aromatic carbocycles. The summed E-state index contributed by atoms with van der Waals surface area (Å²) in [5.41, 5.74) is 5.84. The topological polar surface area (TPSA) is 296 Å². The number of rotatable bonds is 17. The van der Waals surface area contributed by atoms with Gasteiger partial charge in [0.1, 0.15) is 30.5 Å². The number of carboxylic acid groups (broad SMARTS) is 1. The standard InChI is InChI=1S/C34H41N7O13/c1-19(36-28(43)11-12-29(44)40-15-13-22(14-16-40)33(48)49)30(45)37-20(2)31(46)39-26(17-27(35)42)32(47)38-23-5-3-21(4-6-23)18-53-34(50)54-25-9-7-24(8-10-25)41(51)52/h3-10,19-20,22,26H,11-18H2,1-2H3,(H2,35,42)(H,36,43)(H,37,45)(H,38,47)(H,39,46)(H,48,49)/t19-,20-,26-/m0/s1. The second kappa shape index (κ2) is 19.9. The van der Waals surface area contributed by atoms with Gasteiger partial charge in [-0.1, -0.05) is 12.1 Å². The maximum atomic E-state index is 13.0. The Balaban J connectivity index is 1.43. The Hall–Kier alpha value is -6.60. The fourth-order valence-electron chi connectivity index (χ4n) is 5.06. The van der Waals surface area contributed by atoms with E-state index in [2.05, 4.69) is 21.3 Å². The zero-order valence-electron chi connectivity index (χ0n) is 29.4. The number of ether oxygens (including phenoxy) is 2. The summed E-state index contributed by atoms with van der Waals surface area (Å²) in [7, 11) is 0. The lowest BCUT2D eigenvalue weighted by molar-refractivity contribution is -0.384. The van der Waals surface area contributed by atoms with Crippen LogP contribution in [0.15, 0.2) is 48.5 Å². The van der Waals surface area contributed by atoms with Gasteiger partial charge < -0.3 is 46.5 Å². The van der Waals surface area contributed by atoms with E-state index >= 15 is 0 Å². The third-order valence-electron chi connectivity index (χ3n) is 8.15. The van der Waals surface area contributed by atoms with Crippen molar-refractivity contribution in [3.8, 4) is 5.75 Å². The second-order valence-electron chi connectivity index (χ2n) is 12.3. The Morgan fingerprint density at radius 1 is 0.870 bits per heavy atom. The number of nitro benzene ring substituents is 1. The molecule has 0 radical (unpaired) electrons. The van der Waals surface area contributed by atoms with Gasteiger partial charge in [-0.25, -0.2) is 4.79 Å². The molecule has 0 aliphatic carbocycles. The van der Waals surface area contributed by atoms with Gasteiger partial charge in [-0.15, -0.1) is 0 Å². The van der Waals surface area contributed by atoms with Crippen molar-refractivity contribution in [2.45, 2.75) is 70.7 Å². The first-order chi connectivity index (χ1) is 25.5. The number of primary amides is 1. The van der Waals surface area contributed by atoms with Crippen LogP contribution in [0.25, 0.3) is 0 Å². The number of carbonyl (C=O) groups is 8. The number of hydrogen-bond acceptors (Lipinski definition) is 12. The molecular weight excluding hydrogens is 714 g/mol. The Morgan fingerprint density at radius 3 is 2.04 bits per heavy atom. The number of likely N-dealkylation sites (tertiary alicyclic amines) is 1. The molecule has 0 unspecified atom stereocenters. The van der Waals surface area contributed by atoms with Crippen molar-refractivity contribution in [3.63, 3.8) is 0 Å². The molecule has 1 fully saturated rings. The number of amides is 6. The van der Waals surface area contributed by atoms with Gasteiger partial charge >= 0.3 is 12.1 Å². The van der Waals surface area contributed by atoms with Gasteiger partial charge in [0.05, 0.1) is 17.3 Å². The number of carbonyl (C=O) groups excluding carboxylic acids is 7. The fraction of sp³-hybridized carbons (Fsp3) is 0.412. The van der Waals surface area contributed by atoms with Crippen LogP contribution >= 0.6 is 0 Å². The Bertz CT molecular complexity index is 1730. The molecule has 0 spiro atoms. The molecule has 1 saturated heterocycles. The van der Waals surface area contributed by atoms with E-state index in [9.17, 15) is 48.5 Å². The van der Waals surface area contributed by atoms with E-state index in [1.807, 2.05) is 0 Å². The highest BCUT2D eigenvalue weighted by Gasteiger charge is 2.29. The molecule has 7 N–H and O–H groups in total. The summed E-state index contributed by atoms with van der Waals surface area (Å²) in [6, 6.07) is 6.97. The summed E-state index contributed by atoms with van der Waals surface area (Å²) < 4.78 is 9.99. The molecule has 20 nitrogen and oxygen atoms in total. The number of piperidine rings is 1. The van der Waals surface area contributed by atoms with E-state index in [-0.39, 0.29) is 55.6 Å². The van der Waals surface area contributed by atoms with Crippen LogP contribution in [0.2, 0.25) is 0 Å². The van der Waals surface area contributed by atoms with Crippen LogP contribution in [0, 0.1) is 16.0 Å². The number of nitrogens with two attached hydrogens (primary N) is 1. The predicted molar refractivity (Wildman–Crippen MR) is 186 cm³/mol. The van der Waals surface area contributed by atoms with E-state index in [1.54, 1.807) is 0 Å². The molecule has 1 aliphatic rings. The normalized spacial score (nSPS) is 14.3. The van der Waals surface area contributed by atoms with Gasteiger partial charge in [-0.3, -0.25) is 43.7 Å². The maximum absolute atomic E-state index is 13.0. The Morgan fingerprint density at radius 2 is 1.46 bits per heavy atom. The van der Waals surface area contributed by atoms with E-state index in [4.69, 9.17) is 20.3 Å².